The van der Waals surface area contributed by atoms with E-state index in [1.165, 1.54) is 11.3 Å². The van der Waals surface area contributed by atoms with Gasteiger partial charge < -0.3 is 10.6 Å². The van der Waals surface area contributed by atoms with Gasteiger partial charge in [-0.2, -0.15) is 0 Å². The van der Waals surface area contributed by atoms with Crippen LogP contribution in [0.1, 0.15) is 38.3 Å². The van der Waals surface area contributed by atoms with Crippen LogP contribution in [0.2, 0.25) is 0 Å². The molecule has 92 valence electrons. The highest BCUT2D eigenvalue weighted by atomic mass is 15.1. The molecule has 0 aliphatic rings. The predicted octanol–water partition coefficient (Wildman–Crippen LogP) is 2.95. The van der Waals surface area contributed by atoms with Gasteiger partial charge >= 0.3 is 0 Å². The molecule has 1 atom stereocenters. The second-order valence-electron chi connectivity index (χ2n) is 4.20. The molecular weight excluding hydrogens is 208 g/mol. The second kappa shape index (κ2) is 6.98. The average molecular weight is 230 g/mol. The minimum atomic E-state index is 0.0864. The number of hydrogen-bond acceptors (Lipinski definition) is 2. The molecule has 2 heteroatoms. The maximum Gasteiger partial charge on any atom is 0.0791 e. The van der Waals surface area contributed by atoms with E-state index in [9.17, 15) is 0 Å². The molecule has 0 aliphatic carbocycles. The monoisotopic (exact) mass is 230 g/mol. The van der Waals surface area contributed by atoms with Crippen LogP contribution in [0.3, 0.4) is 0 Å². The summed E-state index contributed by atoms with van der Waals surface area (Å²) < 4.78 is 0. The molecule has 0 fully saturated rings. The van der Waals surface area contributed by atoms with E-state index < -0.39 is 0 Å². The van der Waals surface area contributed by atoms with E-state index in [2.05, 4.69) is 36.8 Å². The molecule has 0 radical (unpaired) electrons. The predicted molar refractivity (Wildman–Crippen MR) is 75.0 cm³/mol. The van der Waals surface area contributed by atoms with Crippen LogP contribution >= 0.6 is 0 Å². The summed E-state index contributed by atoms with van der Waals surface area (Å²) in [7, 11) is 0. The van der Waals surface area contributed by atoms with E-state index in [0.29, 0.717) is 6.54 Å². The number of rotatable bonds is 6. The molecule has 1 aromatic carbocycles. The van der Waals surface area contributed by atoms with E-state index in [-0.39, 0.29) is 6.04 Å². The SMILES string of the molecule is C#CCN(CCC)c1ccccc1[C@H](N)CC. The number of nitrogens with zero attached hydrogens (tertiary/aromatic N) is 1. The smallest absolute Gasteiger partial charge is 0.0791 e. The van der Waals surface area contributed by atoms with Crippen LogP contribution in [-0.4, -0.2) is 13.1 Å². The molecule has 2 N–H and O–H groups in total. The van der Waals surface area contributed by atoms with E-state index in [1.54, 1.807) is 0 Å². The minimum Gasteiger partial charge on any atom is -0.360 e. The Bertz CT molecular complexity index is 379. The second-order valence-corrected chi connectivity index (χ2v) is 4.20. The molecule has 2 nitrogen and oxygen atoms in total. The van der Waals surface area contributed by atoms with Crippen molar-refractivity contribution in [1.29, 1.82) is 0 Å². The summed E-state index contributed by atoms with van der Waals surface area (Å²) in [5.41, 5.74) is 8.52. The van der Waals surface area contributed by atoms with Crippen molar-refractivity contribution in [3.05, 3.63) is 29.8 Å². The van der Waals surface area contributed by atoms with Gasteiger partial charge in [0.05, 0.1) is 6.54 Å². The molecule has 0 amide bonds. The summed E-state index contributed by atoms with van der Waals surface area (Å²) in [6.07, 6.45) is 7.45. The van der Waals surface area contributed by atoms with Crippen molar-refractivity contribution in [1.82, 2.24) is 0 Å². The van der Waals surface area contributed by atoms with Crippen molar-refractivity contribution in [2.45, 2.75) is 32.7 Å². The molecular formula is C15H22N2. The molecule has 0 spiro atoms. The molecule has 1 rings (SSSR count). The summed E-state index contributed by atoms with van der Waals surface area (Å²) in [6.45, 7) is 5.87. The summed E-state index contributed by atoms with van der Waals surface area (Å²) >= 11 is 0. The van der Waals surface area contributed by atoms with Crippen molar-refractivity contribution >= 4 is 5.69 Å². The topological polar surface area (TPSA) is 29.3 Å². The zero-order valence-corrected chi connectivity index (χ0v) is 10.8. The average Bonchev–Trinajstić information content (AvgIpc) is 2.37. The molecule has 17 heavy (non-hydrogen) atoms. The number of anilines is 1. The molecule has 0 unspecified atom stereocenters. The van der Waals surface area contributed by atoms with Crippen molar-refractivity contribution in [3.8, 4) is 12.3 Å². The van der Waals surface area contributed by atoms with Gasteiger partial charge in [0, 0.05) is 18.3 Å². The Morgan fingerprint density at radius 1 is 1.35 bits per heavy atom. The van der Waals surface area contributed by atoms with Gasteiger partial charge in [-0.25, -0.2) is 0 Å². The first kappa shape index (κ1) is 13.6. The quantitative estimate of drug-likeness (QED) is 0.761. The number of terminal acetylenes is 1. The minimum absolute atomic E-state index is 0.0864. The van der Waals surface area contributed by atoms with Crippen LogP contribution in [0.15, 0.2) is 24.3 Å². The van der Waals surface area contributed by atoms with Crippen molar-refractivity contribution in [3.63, 3.8) is 0 Å². The van der Waals surface area contributed by atoms with Gasteiger partial charge in [0.15, 0.2) is 0 Å². The zero-order chi connectivity index (χ0) is 12.7. The lowest BCUT2D eigenvalue weighted by Crippen LogP contribution is -2.26. The Morgan fingerprint density at radius 2 is 2.06 bits per heavy atom. The van der Waals surface area contributed by atoms with Crippen molar-refractivity contribution in [2.24, 2.45) is 5.73 Å². The first-order chi connectivity index (χ1) is 8.24. The Morgan fingerprint density at radius 3 is 2.65 bits per heavy atom. The number of nitrogens with two attached hydrogens (primary N) is 1. The fourth-order valence-corrected chi connectivity index (χ4v) is 1.97. The van der Waals surface area contributed by atoms with Gasteiger partial charge in [-0.05, 0) is 24.5 Å². The zero-order valence-electron chi connectivity index (χ0n) is 10.8. The van der Waals surface area contributed by atoms with Crippen LogP contribution in [0.25, 0.3) is 0 Å². The maximum absolute atomic E-state index is 6.15. The number of para-hydroxylation sites is 1. The van der Waals surface area contributed by atoms with Gasteiger partial charge in [0.25, 0.3) is 0 Å². The molecule has 0 saturated carbocycles. The fraction of sp³-hybridized carbons (Fsp3) is 0.467. The fourth-order valence-electron chi connectivity index (χ4n) is 1.97. The lowest BCUT2D eigenvalue weighted by Gasteiger charge is -2.26. The third-order valence-corrected chi connectivity index (χ3v) is 2.89. The highest BCUT2D eigenvalue weighted by molar-refractivity contribution is 5.55. The van der Waals surface area contributed by atoms with Gasteiger partial charge in [0.2, 0.25) is 0 Å². The third kappa shape index (κ3) is 3.51. The van der Waals surface area contributed by atoms with Crippen LogP contribution in [0, 0.1) is 12.3 Å². The van der Waals surface area contributed by atoms with E-state index >= 15 is 0 Å². The van der Waals surface area contributed by atoms with E-state index in [1.807, 2.05) is 12.1 Å². The largest absolute Gasteiger partial charge is 0.360 e. The van der Waals surface area contributed by atoms with Crippen LogP contribution in [0.4, 0.5) is 5.69 Å². The van der Waals surface area contributed by atoms with Crippen LogP contribution < -0.4 is 10.6 Å². The summed E-state index contributed by atoms with van der Waals surface area (Å²) in [5.74, 6) is 2.72. The summed E-state index contributed by atoms with van der Waals surface area (Å²) in [4.78, 5) is 2.23. The van der Waals surface area contributed by atoms with Crippen molar-refractivity contribution < 1.29 is 0 Å². The maximum atomic E-state index is 6.15. The molecule has 0 aromatic heterocycles. The number of hydrogen-bond donors (Lipinski definition) is 1. The van der Waals surface area contributed by atoms with Crippen LogP contribution in [0.5, 0.6) is 0 Å². The summed E-state index contributed by atoms with van der Waals surface area (Å²) in [6, 6.07) is 8.37. The molecule has 0 aliphatic heterocycles. The van der Waals surface area contributed by atoms with Gasteiger partial charge in [-0.3, -0.25) is 0 Å². The first-order valence-corrected chi connectivity index (χ1v) is 6.27. The highest BCUT2D eigenvalue weighted by Gasteiger charge is 2.13. The summed E-state index contributed by atoms with van der Waals surface area (Å²) in [5, 5.41) is 0. The Labute approximate surface area is 105 Å². The van der Waals surface area contributed by atoms with Crippen LogP contribution in [-0.2, 0) is 0 Å². The first-order valence-electron chi connectivity index (χ1n) is 6.27. The van der Waals surface area contributed by atoms with Gasteiger partial charge in [0.1, 0.15) is 0 Å². The lowest BCUT2D eigenvalue weighted by atomic mass is 10.0. The van der Waals surface area contributed by atoms with Gasteiger partial charge in [-0.15, -0.1) is 6.42 Å². The normalized spacial score (nSPS) is 11.9. The highest BCUT2D eigenvalue weighted by Crippen LogP contribution is 2.26. The standard InChI is InChI=1S/C15H22N2/c1-4-11-17(12-5-2)15-10-8-7-9-13(15)14(16)6-3/h1,7-10,14H,5-6,11-12,16H2,2-3H3/t14-/m1/s1. The molecule has 1 aromatic rings. The number of benzene rings is 1. The molecule has 0 bridgehead atoms. The lowest BCUT2D eigenvalue weighted by molar-refractivity contribution is 0.691. The Kier molecular flexibility index (Phi) is 5.59. The van der Waals surface area contributed by atoms with E-state index in [4.69, 9.17) is 12.2 Å². The molecule has 0 heterocycles. The van der Waals surface area contributed by atoms with E-state index in [0.717, 1.165) is 19.4 Å². The van der Waals surface area contributed by atoms with Gasteiger partial charge in [-0.1, -0.05) is 38.0 Å². The third-order valence-electron chi connectivity index (χ3n) is 2.89. The Hall–Kier alpha value is -1.46. The van der Waals surface area contributed by atoms with Crippen molar-refractivity contribution in [2.75, 3.05) is 18.0 Å². The Balaban J connectivity index is 3.05. The molecule has 0 saturated heterocycles.